The summed E-state index contributed by atoms with van der Waals surface area (Å²) in [6.07, 6.45) is 0.124. The third-order valence-corrected chi connectivity index (χ3v) is 11.8. The number of nitrogens with zero attached hydrogens (tertiary/aromatic N) is 1. The van der Waals surface area contributed by atoms with E-state index in [1.807, 2.05) is 66.7 Å². The number of ether oxygens (including phenoxy) is 1. The second kappa shape index (κ2) is 11.2. The molecular formula is C30H35NO4Si. The smallest absolute Gasteiger partial charge is 0.412 e. The Balaban J connectivity index is 1.72. The van der Waals surface area contributed by atoms with Crippen molar-refractivity contribution in [1.82, 2.24) is 4.90 Å². The molecule has 1 aliphatic heterocycles. The normalized spacial score (nSPS) is 16.9. The van der Waals surface area contributed by atoms with Gasteiger partial charge in [-0.2, -0.15) is 0 Å². The van der Waals surface area contributed by atoms with Gasteiger partial charge in [0, 0.05) is 19.4 Å². The fourth-order valence-electron chi connectivity index (χ4n) is 4.98. The van der Waals surface area contributed by atoms with Crippen LogP contribution in [0.3, 0.4) is 0 Å². The highest BCUT2D eigenvalue weighted by molar-refractivity contribution is 6.99. The average Bonchev–Trinajstić information content (AvgIpc) is 3.07. The van der Waals surface area contributed by atoms with E-state index in [1.54, 1.807) is 4.90 Å². The van der Waals surface area contributed by atoms with Crippen LogP contribution in [0.25, 0.3) is 0 Å². The molecule has 1 atom stereocenters. The SMILES string of the molecule is CC(C)(C)[Si](OC1CCC(=O)CCN1C(=O)OCc1ccccc1)(c1ccccc1)c1ccccc1. The zero-order chi connectivity index (χ0) is 25.6. The molecule has 1 amide bonds. The number of Topliss-reactive ketones (excluding diaryl/α,β-unsaturated/α-hetero) is 1. The molecule has 1 heterocycles. The standard InChI is InChI=1S/C30H35NO4Si/c1-30(2,3)36(26-15-9-5-10-16-26,27-17-11-6-12-18-27)35-28-20-19-25(32)21-22-31(28)29(33)34-23-24-13-7-4-8-14-24/h4-18,28H,19-23H2,1-3H3. The summed E-state index contributed by atoms with van der Waals surface area (Å²) in [5.41, 5.74) is 0.918. The fraction of sp³-hybridized carbons (Fsp3) is 0.333. The first kappa shape index (κ1) is 25.9. The molecule has 5 nitrogen and oxygen atoms in total. The van der Waals surface area contributed by atoms with Crippen LogP contribution in [0.5, 0.6) is 0 Å². The van der Waals surface area contributed by atoms with Crippen molar-refractivity contribution in [3.05, 3.63) is 96.6 Å². The van der Waals surface area contributed by atoms with Crippen molar-refractivity contribution in [3.8, 4) is 0 Å². The Morgan fingerprint density at radius 2 is 1.39 bits per heavy atom. The summed E-state index contributed by atoms with van der Waals surface area (Å²) >= 11 is 0. The minimum absolute atomic E-state index is 0.143. The van der Waals surface area contributed by atoms with E-state index < -0.39 is 20.6 Å². The Hall–Kier alpha value is -3.22. The van der Waals surface area contributed by atoms with Crippen molar-refractivity contribution >= 4 is 30.6 Å². The molecule has 0 bridgehead atoms. The van der Waals surface area contributed by atoms with Crippen LogP contribution in [0, 0.1) is 0 Å². The van der Waals surface area contributed by atoms with Gasteiger partial charge >= 0.3 is 6.09 Å². The van der Waals surface area contributed by atoms with Gasteiger partial charge in [-0.15, -0.1) is 0 Å². The first-order valence-electron chi connectivity index (χ1n) is 12.6. The van der Waals surface area contributed by atoms with Gasteiger partial charge in [-0.05, 0) is 27.4 Å². The number of hydrogen-bond acceptors (Lipinski definition) is 4. The number of ketones is 1. The van der Waals surface area contributed by atoms with Crippen LogP contribution in [0.15, 0.2) is 91.0 Å². The topological polar surface area (TPSA) is 55.8 Å². The van der Waals surface area contributed by atoms with Gasteiger partial charge in [0.1, 0.15) is 18.6 Å². The maximum absolute atomic E-state index is 13.4. The maximum Gasteiger partial charge on any atom is 0.412 e. The van der Waals surface area contributed by atoms with Crippen molar-refractivity contribution < 1.29 is 18.8 Å². The van der Waals surface area contributed by atoms with Crippen LogP contribution < -0.4 is 10.4 Å². The van der Waals surface area contributed by atoms with Crippen molar-refractivity contribution in [2.24, 2.45) is 0 Å². The molecule has 1 unspecified atom stereocenters. The lowest BCUT2D eigenvalue weighted by molar-refractivity contribution is -0.118. The van der Waals surface area contributed by atoms with Crippen LogP contribution in [0.2, 0.25) is 5.04 Å². The first-order chi connectivity index (χ1) is 17.3. The van der Waals surface area contributed by atoms with Gasteiger partial charge in [0.2, 0.25) is 0 Å². The molecule has 3 aromatic carbocycles. The number of rotatable bonds is 6. The first-order valence-corrected chi connectivity index (χ1v) is 14.5. The van der Waals surface area contributed by atoms with Crippen molar-refractivity contribution in [2.45, 2.75) is 57.9 Å². The van der Waals surface area contributed by atoms with E-state index in [1.165, 1.54) is 0 Å². The molecule has 0 radical (unpaired) electrons. The van der Waals surface area contributed by atoms with Gasteiger partial charge in [-0.3, -0.25) is 9.69 Å². The minimum atomic E-state index is -2.92. The molecule has 0 spiro atoms. The number of amides is 1. The molecule has 36 heavy (non-hydrogen) atoms. The summed E-state index contributed by atoms with van der Waals surface area (Å²) in [4.78, 5) is 27.5. The third-order valence-electron chi connectivity index (χ3n) is 6.82. The van der Waals surface area contributed by atoms with E-state index >= 15 is 0 Å². The van der Waals surface area contributed by atoms with E-state index in [-0.39, 0.29) is 24.0 Å². The molecule has 188 valence electrons. The molecule has 4 rings (SSSR count). The highest BCUT2D eigenvalue weighted by Gasteiger charge is 2.52. The highest BCUT2D eigenvalue weighted by Crippen LogP contribution is 2.38. The Labute approximate surface area is 215 Å². The Bertz CT molecular complexity index is 1110. The molecule has 0 saturated carbocycles. The Morgan fingerprint density at radius 1 is 0.861 bits per heavy atom. The lowest BCUT2D eigenvalue weighted by Gasteiger charge is -2.46. The second-order valence-electron chi connectivity index (χ2n) is 10.3. The molecular weight excluding hydrogens is 466 g/mol. The van der Waals surface area contributed by atoms with E-state index in [9.17, 15) is 9.59 Å². The summed E-state index contributed by atoms with van der Waals surface area (Å²) in [6, 6.07) is 30.3. The second-order valence-corrected chi connectivity index (χ2v) is 14.5. The zero-order valence-corrected chi connectivity index (χ0v) is 22.4. The third kappa shape index (κ3) is 5.60. The lowest BCUT2D eigenvalue weighted by atomic mass is 10.2. The Kier molecular flexibility index (Phi) is 8.06. The van der Waals surface area contributed by atoms with Gasteiger partial charge in [0.25, 0.3) is 8.32 Å². The van der Waals surface area contributed by atoms with Crippen molar-refractivity contribution in [1.29, 1.82) is 0 Å². The van der Waals surface area contributed by atoms with Gasteiger partial charge in [0.15, 0.2) is 0 Å². The van der Waals surface area contributed by atoms with Crippen LogP contribution in [0.1, 0.15) is 45.6 Å². The number of carbonyl (C=O) groups excluding carboxylic acids is 2. The fourth-order valence-corrected chi connectivity index (χ4v) is 9.65. The van der Waals surface area contributed by atoms with Gasteiger partial charge in [-0.1, -0.05) is 112 Å². The maximum atomic E-state index is 13.4. The molecule has 1 aliphatic rings. The number of benzene rings is 3. The largest absolute Gasteiger partial charge is 0.444 e. The van der Waals surface area contributed by atoms with Gasteiger partial charge < -0.3 is 9.16 Å². The molecule has 0 aromatic heterocycles. The van der Waals surface area contributed by atoms with Crippen molar-refractivity contribution in [2.75, 3.05) is 6.54 Å². The van der Waals surface area contributed by atoms with Crippen LogP contribution >= 0.6 is 0 Å². The zero-order valence-electron chi connectivity index (χ0n) is 21.4. The highest BCUT2D eigenvalue weighted by atomic mass is 28.4. The number of likely N-dealkylation sites (tertiary alicyclic amines) is 1. The molecule has 1 fully saturated rings. The van der Waals surface area contributed by atoms with Crippen LogP contribution in [-0.4, -0.2) is 37.9 Å². The van der Waals surface area contributed by atoms with Gasteiger partial charge in [0.05, 0.1) is 0 Å². The molecule has 0 aliphatic carbocycles. The lowest BCUT2D eigenvalue weighted by Crippen LogP contribution is -2.69. The Morgan fingerprint density at radius 3 is 1.92 bits per heavy atom. The summed E-state index contributed by atoms with van der Waals surface area (Å²) in [7, 11) is -2.92. The minimum Gasteiger partial charge on any atom is -0.444 e. The summed E-state index contributed by atoms with van der Waals surface area (Å²) in [6.45, 7) is 7.09. The number of hydrogen-bond donors (Lipinski definition) is 0. The predicted octanol–water partition coefficient (Wildman–Crippen LogP) is 5.28. The van der Waals surface area contributed by atoms with E-state index in [4.69, 9.17) is 9.16 Å². The molecule has 3 aromatic rings. The van der Waals surface area contributed by atoms with Crippen molar-refractivity contribution in [3.63, 3.8) is 0 Å². The summed E-state index contributed by atoms with van der Waals surface area (Å²) in [5, 5.41) is 2.03. The molecule has 6 heteroatoms. The van der Waals surface area contributed by atoms with Crippen LogP contribution in [0.4, 0.5) is 4.79 Å². The molecule has 1 saturated heterocycles. The quantitative estimate of drug-likeness (QED) is 0.431. The number of carbonyl (C=O) groups is 2. The predicted molar refractivity (Wildman–Crippen MR) is 145 cm³/mol. The molecule has 0 N–H and O–H groups in total. The summed E-state index contributed by atoms with van der Waals surface area (Å²) < 4.78 is 13.0. The van der Waals surface area contributed by atoms with E-state index in [0.717, 1.165) is 15.9 Å². The average molecular weight is 502 g/mol. The van der Waals surface area contributed by atoms with E-state index in [0.29, 0.717) is 19.3 Å². The van der Waals surface area contributed by atoms with Gasteiger partial charge in [-0.25, -0.2) is 4.79 Å². The monoisotopic (exact) mass is 501 g/mol. The van der Waals surface area contributed by atoms with E-state index in [2.05, 4.69) is 45.0 Å². The summed E-state index contributed by atoms with van der Waals surface area (Å²) in [5.74, 6) is 0.143. The van der Waals surface area contributed by atoms with Crippen LogP contribution in [-0.2, 0) is 20.6 Å².